The van der Waals surface area contributed by atoms with Gasteiger partial charge in [0, 0.05) is 11.4 Å². The summed E-state index contributed by atoms with van der Waals surface area (Å²) in [4.78, 5) is 0.114. The van der Waals surface area contributed by atoms with Gasteiger partial charge in [-0.05, 0) is 25.0 Å². The first-order valence-corrected chi connectivity index (χ1v) is 8.23. The van der Waals surface area contributed by atoms with Gasteiger partial charge in [-0.15, -0.1) is 11.6 Å². The van der Waals surface area contributed by atoms with Gasteiger partial charge in [-0.25, -0.2) is 13.1 Å². The number of hydrogen-bond acceptors (Lipinski definition) is 2. The van der Waals surface area contributed by atoms with Crippen molar-refractivity contribution in [3.8, 4) is 0 Å². The molecule has 100 valence electrons. The molecule has 3 nitrogen and oxygen atoms in total. The highest BCUT2D eigenvalue weighted by atomic mass is 35.5. The number of nitrogens with one attached hydrogen (secondary N) is 1. The number of alkyl halides is 1. The summed E-state index contributed by atoms with van der Waals surface area (Å²) in [5.74, 6) is 0.288. The van der Waals surface area contributed by atoms with Crippen molar-refractivity contribution in [2.24, 2.45) is 0 Å². The maximum atomic E-state index is 12.3. The van der Waals surface area contributed by atoms with E-state index in [0.717, 1.165) is 25.7 Å². The van der Waals surface area contributed by atoms with E-state index in [1.54, 1.807) is 18.2 Å². The molecule has 18 heavy (non-hydrogen) atoms. The van der Waals surface area contributed by atoms with Crippen LogP contribution in [0.2, 0.25) is 5.02 Å². The first-order valence-electron chi connectivity index (χ1n) is 5.84. The van der Waals surface area contributed by atoms with E-state index in [1.165, 1.54) is 6.07 Å². The summed E-state index contributed by atoms with van der Waals surface area (Å²) in [5.41, 5.74) is -0.514. The Labute approximate surface area is 118 Å². The minimum Gasteiger partial charge on any atom is -0.207 e. The minimum atomic E-state index is -3.61. The molecule has 1 N–H and O–H groups in total. The summed E-state index contributed by atoms with van der Waals surface area (Å²) >= 11 is 11.9. The lowest BCUT2D eigenvalue weighted by Gasteiger charge is -2.27. The molecule has 0 unspecified atom stereocenters. The van der Waals surface area contributed by atoms with Gasteiger partial charge in [-0.1, -0.05) is 36.6 Å². The van der Waals surface area contributed by atoms with E-state index in [9.17, 15) is 8.42 Å². The maximum Gasteiger partial charge on any atom is 0.242 e. The number of sulfonamides is 1. The van der Waals surface area contributed by atoms with Crippen molar-refractivity contribution >= 4 is 33.2 Å². The van der Waals surface area contributed by atoms with E-state index in [2.05, 4.69) is 4.72 Å². The molecule has 0 spiro atoms. The van der Waals surface area contributed by atoms with Crippen LogP contribution in [0.1, 0.15) is 25.7 Å². The Morgan fingerprint density at radius 3 is 2.39 bits per heavy atom. The van der Waals surface area contributed by atoms with Crippen molar-refractivity contribution in [3.63, 3.8) is 0 Å². The molecule has 0 heterocycles. The Bertz CT molecular complexity index is 525. The Kier molecular flexibility index (Phi) is 4.22. The van der Waals surface area contributed by atoms with Crippen LogP contribution in [0, 0.1) is 0 Å². The van der Waals surface area contributed by atoms with Crippen molar-refractivity contribution < 1.29 is 8.42 Å². The highest BCUT2D eigenvalue weighted by molar-refractivity contribution is 7.89. The standard InChI is InChI=1S/C12H15Cl2NO2S/c13-9-12(7-3-4-8-12)15-18(16,17)11-6-2-1-5-10(11)14/h1-2,5-6,15H,3-4,7-9H2. The second kappa shape index (κ2) is 5.37. The largest absolute Gasteiger partial charge is 0.242 e. The molecular formula is C12H15Cl2NO2S. The molecule has 6 heteroatoms. The maximum absolute atomic E-state index is 12.3. The SMILES string of the molecule is O=S(=O)(NC1(CCl)CCCC1)c1ccccc1Cl. The fraction of sp³-hybridized carbons (Fsp3) is 0.500. The highest BCUT2D eigenvalue weighted by Gasteiger charge is 2.37. The predicted molar refractivity (Wildman–Crippen MR) is 73.7 cm³/mol. The smallest absolute Gasteiger partial charge is 0.207 e. The monoisotopic (exact) mass is 307 g/mol. The Morgan fingerprint density at radius 2 is 1.83 bits per heavy atom. The van der Waals surface area contributed by atoms with Crippen molar-refractivity contribution in [2.45, 2.75) is 36.1 Å². The molecule has 1 aromatic carbocycles. The van der Waals surface area contributed by atoms with Crippen LogP contribution in [0.15, 0.2) is 29.2 Å². The van der Waals surface area contributed by atoms with Crippen LogP contribution in [0.5, 0.6) is 0 Å². The van der Waals surface area contributed by atoms with Crippen molar-refractivity contribution in [2.75, 3.05) is 5.88 Å². The summed E-state index contributed by atoms with van der Waals surface area (Å²) in [7, 11) is -3.61. The van der Waals surface area contributed by atoms with Gasteiger partial charge in [-0.3, -0.25) is 0 Å². The molecular weight excluding hydrogens is 293 g/mol. The van der Waals surface area contributed by atoms with Gasteiger partial charge >= 0.3 is 0 Å². The van der Waals surface area contributed by atoms with Gasteiger partial charge in [0.25, 0.3) is 0 Å². The molecule has 1 aliphatic rings. The molecule has 0 aromatic heterocycles. The molecule has 1 aromatic rings. The predicted octanol–water partition coefficient (Wildman–Crippen LogP) is 3.17. The number of hydrogen-bond donors (Lipinski definition) is 1. The van der Waals surface area contributed by atoms with Gasteiger partial charge < -0.3 is 0 Å². The second-order valence-corrected chi connectivity index (χ2v) is 6.98. The lowest BCUT2D eigenvalue weighted by Crippen LogP contribution is -2.47. The van der Waals surface area contributed by atoms with Gasteiger partial charge in [0.2, 0.25) is 10.0 Å². The van der Waals surface area contributed by atoms with E-state index >= 15 is 0 Å². The normalized spacial score (nSPS) is 19.0. The third kappa shape index (κ3) is 2.82. The number of rotatable bonds is 4. The fourth-order valence-electron chi connectivity index (χ4n) is 2.32. The van der Waals surface area contributed by atoms with Crippen LogP contribution in [-0.4, -0.2) is 19.8 Å². The van der Waals surface area contributed by atoms with Gasteiger partial charge in [0.05, 0.1) is 5.02 Å². The molecule has 1 fully saturated rings. The quantitative estimate of drug-likeness (QED) is 0.868. The third-order valence-corrected chi connectivity index (χ3v) is 5.88. The molecule has 0 bridgehead atoms. The zero-order chi connectivity index (χ0) is 13.2. The summed E-state index contributed by atoms with van der Waals surface area (Å²) < 4.78 is 27.4. The molecule has 0 amide bonds. The second-order valence-electron chi connectivity index (χ2n) is 4.66. The van der Waals surface area contributed by atoms with Crippen LogP contribution >= 0.6 is 23.2 Å². The number of halogens is 2. The molecule has 0 radical (unpaired) electrons. The fourth-order valence-corrected chi connectivity index (χ4v) is 4.71. The Morgan fingerprint density at radius 1 is 1.22 bits per heavy atom. The highest BCUT2D eigenvalue weighted by Crippen LogP contribution is 2.33. The first-order chi connectivity index (χ1) is 8.49. The van der Waals surface area contributed by atoms with Crippen molar-refractivity contribution in [3.05, 3.63) is 29.3 Å². The molecule has 0 aliphatic heterocycles. The minimum absolute atomic E-state index is 0.114. The van der Waals surface area contributed by atoms with E-state index < -0.39 is 15.6 Å². The first kappa shape index (κ1) is 14.1. The average molecular weight is 308 g/mol. The van der Waals surface area contributed by atoms with Crippen molar-refractivity contribution in [1.29, 1.82) is 0 Å². The lowest BCUT2D eigenvalue weighted by molar-refractivity contribution is 0.433. The molecule has 0 atom stereocenters. The zero-order valence-electron chi connectivity index (χ0n) is 9.83. The van der Waals surface area contributed by atoms with Gasteiger partial charge in [0.15, 0.2) is 0 Å². The van der Waals surface area contributed by atoms with Crippen LogP contribution in [0.4, 0.5) is 0 Å². The van der Waals surface area contributed by atoms with Crippen LogP contribution in [-0.2, 0) is 10.0 Å². The van der Waals surface area contributed by atoms with Crippen LogP contribution in [0.25, 0.3) is 0 Å². The Balaban J connectivity index is 2.30. The van der Waals surface area contributed by atoms with Gasteiger partial charge in [0.1, 0.15) is 4.90 Å². The van der Waals surface area contributed by atoms with Crippen LogP contribution < -0.4 is 4.72 Å². The summed E-state index contributed by atoms with van der Waals surface area (Å²) in [5, 5.41) is 0.229. The zero-order valence-corrected chi connectivity index (χ0v) is 12.2. The lowest BCUT2D eigenvalue weighted by atomic mass is 10.0. The van der Waals surface area contributed by atoms with E-state index in [-0.39, 0.29) is 15.8 Å². The molecule has 2 rings (SSSR count). The van der Waals surface area contributed by atoms with Gasteiger partial charge in [-0.2, -0.15) is 0 Å². The van der Waals surface area contributed by atoms with E-state index in [1.807, 2.05) is 0 Å². The third-order valence-electron chi connectivity index (χ3n) is 3.29. The van der Waals surface area contributed by atoms with E-state index in [4.69, 9.17) is 23.2 Å². The summed E-state index contributed by atoms with van der Waals surface area (Å²) in [6.45, 7) is 0. The average Bonchev–Trinajstić information content (AvgIpc) is 2.78. The topological polar surface area (TPSA) is 46.2 Å². The van der Waals surface area contributed by atoms with E-state index in [0.29, 0.717) is 0 Å². The van der Waals surface area contributed by atoms with Crippen molar-refractivity contribution in [1.82, 2.24) is 4.72 Å². The summed E-state index contributed by atoms with van der Waals surface area (Å²) in [6, 6.07) is 6.43. The molecule has 1 saturated carbocycles. The number of benzene rings is 1. The Hall–Kier alpha value is -0.290. The molecule has 0 saturated heterocycles. The summed E-state index contributed by atoms with van der Waals surface area (Å²) in [6.07, 6.45) is 3.55. The van der Waals surface area contributed by atoms with Crippen LogP contribution in [0.3, 0.4) is 0 Å². The molecule has 1 aliphatic carbocycles.